The average molecular weight is 186 g/mol. The van der Waals surface area contributed by atoms with Crippen LogP contribution in [0.25, 0.3) is 4.91 Å². The van der Waals surface area contributed by atoms with Crippen molar-refractivity contribution in [2.75, 3.05) is 0 Å². The molecule has 1 aromatic carbocycles. The van der Waals surface area contributed by atoms with Gasteiger partial charge in [0.25, 0.3) is 0 Å². The molecule has 1 aromatic rings. The van der Waals surface area contributed by atoms with E-state index in [2.05, 4.69) is 19.2 Å². The predicted molar refractivity (Wildman–Crippen MR) is 51.4 cm³/mol. The van der Waals surface area contributed by atoms with E-state index in [1.54, 1.807) is 24.3 Å². The topological polar surface area (TPSA) is 0 Å². The Morgan fingerprint density at radius 2 is 1.91 bits per heavy atom. The van der Waals surface area contributed by atoms with Gasteiger partial charge in [0.2, 0.25) is 0 Å². The summed E-state index contributed by atoms with van der Waals surface area (Å²) in [6, 6.07) is 6.97. The predicted octanol–water partition coefficient (Wildman–Crippen LogP) is 3.56. The second kappa shape index (κ2) is 3.83. The summed E-state index contributed by atoms with van der Waals surface area (Å²) in [5.41, 5.74) is 0.922. The summed E-state index contributed by atoms with van der Waals surface area (Å²) in [6.45, 7) is 3.64. The van der Waals surface area contributed by atoms with Crippen molar-refractivity contribution >= 4 is 29.7 Å². The molecule has 0 saturated carbocycles. The maximum atomic E-state index is 11.9. The van der Waals surface area contributed by atoms with Gasteiger partial charge in [0, 0.05) is 9.80 Å². The van der Waals surface area contributed by atoms with E-state index < -0.39 is 0 Å². The van der Waals surface area contributed by atoms with E-state index >= 15 is 0 Å². The van der Waals surface area contributed by atoms with Gasteiger partial charge in [-0.3, -0.25) is 0 Å². The molecule has 0 heterocycles. The molecule has 0 nitrogen and oxygen atoms in total. The number of hydrogen-bond donors (Lipinski definition) is 1. The fraction of sp³-hybridized carbons (Fsp3) is 0. The molecule has 0 aliphatic carbocycles. The molecule has 0 saturated heterocycles. The first-order valence-electron chi connectivity index (χ1n) is 3.01. The van der Waals surface area contributed by atoms with Gasteiger partial charge in [-0.15, -0.1) is 12.6 Å². The third kappa shape index (κ3) is 2.27. The molecular weight excluding hydrogens is 179 g/mol. The monoisotopic (exact) mass is 186 g/mol. The van der Waals surface area contributed by atoms with Crippen molar-refractivity contribution in [3.05, 3.63) is 36.4 Å². The maximum absolute atomic E-state index is 11.9. The van der Waals surface area contributed by atoms with Crippen molar-refractivity contribution in [1.29, 1.82) is 0 Å². The Morgan fingerprint density at radius 3 is 2.27 bits per heavy atom. The molecule has 0 aromatic heterocycles. The Labute approximate surface area is 75.2 Å². The average Bonchev–Trinajstić information content (AvgIpc) is 2.05. The summed E-state index contributed by atoms with van der Waals surface area (Å²) in [4.78, 5) is 1.30. The van der Waals surface area contributed by atoms with E-state index in [4.69, 9.17) is 0 Å². The summed E-state index contributed by atoms with van der Waals surface area (Å²) >= 11 is 4.29. The smallest absolute Gasteiger partial charge is 0.0812 e. The van der Waals surface area contributed by atoms with Gasteiger partial charge >= 0.3 is 0 Å². The molecule has 0 bridgehead atoms. The second-order valence-corrected chi connectivity index (χ2v) is 3.21. The van der Waals surface area contributed by atoms with Crippen molar-refractivity contribution in [2.45, 2.75) is 4.90 Å². The highest BCUT2D eigenvalue weighted by Gasteiger charge is 1.94. The normalized spacial score (nSPS) is 9.64. The maximum Gasteiger partial charge on any atom is 0.0812 e. The van der Waals surface area contributed by atoms with Crippen LogP contribution in [0.4, 0.5) is 3.89 Å². The summed E-state index contributed by atoms with van der Waals surface area (Å²) in [6.07, 6.45) is 0. The van der Waals surface area contributed by atoms with Crippen LogP contribution < -0.4 is 0 Å². The van der Waals surface area contributed by atoms with Gasteiger partial charge in [0.15, 0.2) is 0 Å². The summed E-state index contributed by atoms with van der Waals surface area (Å²) in [7, 11) is 0. The second-order valence-electron chi connectivity index (χ2n) is 2.05. The lowest BCUT2D eigenvalue weighted by atomic mass is 10.2. The van der Waals surface area contributed by atoms with Crippen LogP contribution in [0, 0.1) is 0 Å². The zero-order valence-corrected chi connectivity index (χ0v) is 7.46. The number of thiol groups is 1. The molecule has 58 valence electrons. The molecular formula is C8H7FS2. The van der Waals surface area contributed by atoms with E-state index in [1.165, 1.54) is 0 Å². The summed E-state index contributed by atoms with van der Waals surface area (Å²) < 4.78 is 11.9. The van der Waals surface area contributed by atoms with Crippen molar-refractivity contribution < 1.29 is 3.89 Å². The molecule has 0 atom stereocenters. The molecule has 11 heavy (non-hydrogen) atoms. The van der Waals surface area contributed by atoms with Gasteiger partial charge < -0.3 is 0 Å². The highest BCUT2D eigenvalue weighted by molar-refractivity contribution is 7.94. The zero-order valence-electron chi connectivity index (χ0n) is 5.75. The molecule has 3 heteroatoms. The molecule has 0 radical (unpaired) electrons. The van der Waals surface area contributed by atoms with Crippen LogP contribution in [0.1, 0.15) is 5.56 Å². The van der Waals surface area contributed by atoms with Crippen LogP contribution in [-0.2, 0) is 0 Å². The number of rotatable bonds is 2. The number of hydrogen-bond acceptors (Lipinski definition) is 2. The standard InChI is InChI=1S/C8H7FS2/c1-6(10)7-2-4-8(11-9)5-3-7/h2-5,10H,1H2. The lowest BCUT2D eigenvalue weighted by Crippen LogP contribution is -1.74. The van der Waals surface area contributed by atoms with Crippen LogP contribution in [0.3, 0.4) is 0 Å². The van der Waals surface area contributed by atoms with Gasteiger partial charge in [0.05, 0.1) is 12.1 Å². The van der Waals surface area contributed by atoms with Crippen molar-refractivity contribution in [2.24, 2.45) is 0 Å². The van der Waals surface area contributed by atoms with Gasteiger partial charge in [0.1, 0.15) is 0 Å². The van der Waals surface area contributed by atoms with Crippen LogP contribution in [0.15, 0.2) is 35.7 Å². The summed E-state index contributed by atoms with van der Waals surface area (Å²) in [5.74, 6) is 0. The number of benzene rings is 1. The molecule has 1 rings (SSSR count). The molecule has 0 aliphatic rings. The zero-order chi connectivity index (χ0) is 8.27. The van der Waals surface area contributed by atoms with Gasteiger partial charge in [-0.05, 0) is 17.7 Å². The van der Waals surface area contributed by atoms with E-state index in [0.29, 0.717) is 9.80 Å². The highest BCUT2D eigenvalue weighted by Crippen LogP contribution is 2.22. The van der Waals surface area contributed by atoms with Crippen molar-refractivity contribution in [3.63, 3.8) is 0 Å². The Balaban J connectivity index is 2.91. The molecule has 0 spiro atoms. The largest absolute Gasteiger partial charge is 0.160 e. The SMILES string of the molecule is C=C(S)c1ccc(SF)cc1. The number of halogens is 1. The first kappa shape index (κ1) is 8.68. The minimum atomic E-state index is 0.235. The fourth-order valence-corrected chi connectivity index (χ4v) is 1.09. The lowest BCUT2D eigenvalue weighted by Gasteiger charge is -1.97. The molecule has 0 aliphatic heterocycles. The summed E-state index contributed by atoms with van der Waals surface area (Å²) in [5, 5.41) is 0. The van der Waals surface area contributed by atoms with Crippen LogP contribution in [0.5, 0.6) is 0 Å². The first-order valence-corrected chi connectivity index (χ1v) is 4.17. The van der Waals surface area contributed by atoms with Crippen LogP contribution in [0.2, 0.25) is 0 Å². The highest BCUT2D eigenvalue weighted by atomic mass is 32.2. The lowest BCUT2D eigenvalue weighted by molar-refractivity contribution is 0.934. The van der Waals surface area contributed by atoms with E-state index in [-0.39, 0.29) is 12.1 Å². The third-order valence-corrected chi connectivity index (χ3v) is 1.99. The molecule has 0 fully saturated rings. The van der Waals surface area contributed by atoms with Gasteiger partial charge in [-0.1, -0.05) is 18.7 Å². The Hall–Kier alpha value is -0.410. The minimum absolute atomic E-state index is 0.235. The van der Waals surface area contributed by atoms with E-state index in [9.17, 15) is 3.89 Å². The molecule has 0 unspecified atom stereocenters. The Bertz CT molecular complexity index is 253. The van der Waals surface area contributed by atoms with Crippen LogP contribution in [-0.4, -0.2) is 0 Å². The molecule has 0 amide bonds. The fourth-order valence-electron chi connectivity index (χ4n) is 0.699. The quantitative estimate of drug-likeness (QED) is 0.689. The first-order chi connectivity index (χ1) is 5.24. The van der Waals surface area contributed by atoms with E-state index in [0.717, 1.165) is 5.56 Å². The minimum Gasteiger partial charge on any atom is -0.160 e. The Morgan fingerprint density at radius 1 is 1.36 bits per heavy atom. The van der Waals surface area contributed by atoms with Gasteiger partial charge in [-0.25, -0.2) is 0 Å². The van der Waals surface area contributed by atoms with Crippen molar-refractivity contribution in [1.82, 2.24) is 0 Å². The van der Waals surface area contributed by atoms with Gasteiger partial charge in [-0.2, -0.15) is 3.89 Å². The molecule has 0 N–H and O–H groups in total. The van der Waals surface area contributed by atoms with Crippen LogP contribution >= 0.6 is 24.8 Å². The third-order valence-electron chi connectivity index (χ3n) is 1.28. The van der Waals surface area contributed by atoms with E-state index in [1.807, 2.05) is 0 Å². The Kier molecular flexibility index (Phi) is 3.02. The van der Waals surface area contributed by atoms with Crippen molar-refractivity contribution in [3.8, 4) is 0 Å².